The van der Waals surface area contributed by atoms with Crippen molar-refractivity contribution in [3.63, 3.8) is 0 Å². The van der Waals surface area contributed by atoms with Crippen molar-refractivity contribution in [2.45, 2.75) is 46.6 Å². The smallest absolute Gasteiger partial charge is 0.0529 e. The fraction of sp³-hybridized carbons (Fsp3) is 0.846. The maximum absolute atomic E-state index is 5.59. The Balaban J connectivity index is 3.71. The van der Waals surface area contributed by atoms with E-state index in [2.05, 4.69) is 46.5 Å². The molecule has 0 atom stereocenters. The second-order valence-electron chi connectivity index (χ2n) is 5.90. The van der Waals surface area contributed by atoms with Gasteiger partial charge in [0.15, 0.2) is 0 Å². The summed E-state index contributed by atoms with van der Waals surface area (Å²) in [6.07, 6.45) is 2.82. The van der Waals surface area contributed by atoms with Gasteiger partial charge in [-0.15, -0.1) is 6.58 Å². The van der Waals surface area contributed by atoms with E-state index in [1.807, 2.05) is 6.08 Å². The first-order chi connectivity index (χ1) is 6.77. The quantitative estimate of drug-likeness (QED) is 0.518. The van der Waals surface area contributed by atoms with E-state index >= 15 is 0 Å². The third-order valence-corrected chi connectivity index (χ3v) is 2.06. The molecule has 0 fully saturated rings. The van der Waals surface area contributed by atoms with Crippen LogP contribution in [-0.4, -0.2) is 25.3 Å². The summed E-state index contributed by atoms with van der Waals surface area (Å²) in [5.41, 5.74) is 0.368. The molecule has 2 nitrogen and oxygen atoms in total. The summed E-state index contributed by atoms with van der Waals surface area (Å²) in [7, 11) is 0. The van der Waals surface area contributed by atoms with Crippen LogP contribution in [0.3, 0.4) is 0 Å². The maximum atomic E-state index is 5.59. The number of nitrogens with one attached hydrogen (secondary N) is 1. The minimum absolute atomic E-state index is 0.179. The molecule has 2 heteroatoms. The van der Waals surface area contributed by atoms with Gasteiger partial charge in [-0.3, -0.25) is 0 Å². The zero-order chi connectivity index (χ0) is 11.9. The van der Waals surface area contributed by atoms with Gasteiger partial charge in [-0.2, -0.15) is 0 Å². The highest BCUT2D eigenvalue weighted by molar-refractivity contribution is 4.78. The normalized spacial score (nSPS) is 12.9. The van der Waals surface area contributed by atoms with Crippen LogP contribution in [0.25, 0.3) is 0 Å². The first kappa shape index (κ1) is 14.7. The van der Waals surface area contributed by atoms with Crippen molar-refractivity contribution in [3.05, 3.63) is 12.7 Å². The molecular formula is C13H27NO. The van der Waals surface area contributed by atoms with E-state index in [1.165, 1.54) is 0 Å². The summed E-state index contributed by atoms with van der Waals surface area (Å²) in [6.45, 7) is 17.2. The van der Waals surface area contributed by atoms with Gasteiger partial charge in [-0.1, -0.05) is 19.9 Å². The summed E-state index contributed by atoms with van der Waals surface area (Å²) < 4.78 is 5.59. The van der Waals surface area contributed by atoms with E-state index in [0.29, 0.717) is 0 Å². The third-order valence-electron chi connectivity index (χ3n) is 2.06. The van der Waals surface area contributed by atoms with Crippen molar-refractivity contribution in [1.82, 2.24) is 5.32 Å². The lowest BCUT2D eigenvalue weighted by atomic mass is 9.93. The second kappa shape index (κ2) is 6.29. The predicted octanol–water partition coefficient (Wildman–Crippen LogP) is 2.99. The first-order valence-corrected chi connectivity index (χ1v) is 5.70. The Bertz CT molecular complexity index is 179. The van der Waals surface area contributed by atoms with E-state index < -0.39 is 0 Å². The lowest BCUT2D eigenvalue weighted by molar-refractivity contribution is 0.0616. The van der Waals surface area contributed by atoms with Crippen LogP contribution >= 0.6 is 0 Å². The molecule has 0 aliphatic heterocycles. The lowest BCUT2D eigenvalue weighted by Crippen LogP contribution is -2.43. The number of hydrogen-bond donors (Lipinski definition) is 1. The van der Waals surface area contributed by atoms with Gasteiger partial charge in [0.2, 0.25) is 0 Å². The van der Waals surface area contributed by atoms with E-state index in [0.717, 1.165) is 26.2 Å². The second-order valence-corrected chi connectivity index (χ2v) is 5.90. The molecule has 0 bridgehead atoms. The molecule has 0 radical (unpaired) electrons. The molecule has 0 saturated carbocycles. The van der Waals surface area contributed by atoms with Crippen LogP contribution in [0.4, 0.5) is 0 Å². The monoisotopic (exact) mass is 213 g/mol. The molecule has 0 aliphatic carbocycles. The summed E-state index contributed by atoms with van der Waals surface area (Å²) in [4.78, 5) is 0. The van der Waals surface area contributed by atoms with Gasteiger partial charge in [0.05, 0.1) is 13.2 Å². The van der Waals surface area contributed by atoms with E-state index in [9.17, 15) is 0 Å². The molecule has 0 aromatic carbocycles. The molecule has 0 saturated heterocycles. The molecule has 0 amide bonds. The van der Waals surface area contributed by atoms with E-state index in [-0.39, 0.29) is 11.0 Å². The van der Waals surface area contributed by atoms with Gasteiger partial charge >= 0.3 is 0 Å². The minimum Gasteiger partial charge on any atom is -0.381 e. The van der Waals surface area contributed by atoms with Crippen molar-refractivity contribution in [1.29, 1.82) is 0 Å². The van der Waals surface area contributed by atoms with Crippen LogP contribution in [0.5, 0.6) is 0 Å². The molecule has 0 rings (SSSR count). The third kappa shape index (κ3) is 9.95. The Morgan fingerprint density at radius 1 is 1.20 bits per heavy atom. The fourth-order valence-electron chi connectivity index (χ4n) is 1.07. The Hall–Kier alpha value is -0.340. The van der Waals surface area contributed by atoms with Crippen LogP contribution in [0.15, 0.2) is 12.7 Å². The number of hydrogen-bond acceptors (Lipinski definition) is 2. The molecular weight excluding hydrogens is 186 g/mol. The summed E-state index contributed by atoms with van der Waals surface area (Å²) >= 11 is 0. The van der Waals surface area contributed by atoms with Crippen LogP contribution in [0, 0.1) is 5.41 Å². The van der Waals surface area contributed by atoms with Crippen molar-refractivity contribution in [3.8, 4) is 0 Å². The largest absolute Gasteiger partial charge is 0.381 e. The summed E-state index contributed by atoms with van der Waals surface area (Å²) in [5, 5.41) is 3.50. The number of rotatable bonds is 7. The van der Waals surface area contributed by atoms with Crippen molar-refractivity contribution < 1.29 is 4.74 Å². The zero-order valence-electron chi connectivity index (χ0n) is 11.0. The zero-order valence-corrected chi connectivity index (χ0v) is 11.0. The highest BCUT2D eigenvalue weighted by Crippen LogP contribution is 2.15. The van der Waals surface area contributed by atoms with Gasteiger partial charge in [-0.25, -0.2) is 0 Å². The molecule has 0 aromatic rings. The Labute approximate surface area is 95.1 Å². The highest BCUT2D eigenvalue weighted by atomic mass is 16.5. The van der Waals surface area contributed by atoms with Crippen LogP contribution < -0.4 is 5.32 Å². The van der Waals surface area contributed by atoms with Crippen LogP contribution in [-0.2, 0) is 4.74 Å². The predicted molar refractivity (Wildman–Crippen MR) is 67.2 cm³/mol. The molecule has 0 spiro atoms. The molecule has 0 unspecified atom stereocenters. The standard InChI is InChI=1S/C13H27NO/c1-7-8-9-15-11-13(5,6)10-14-12(2,3)4/h7,14H,1,8-11H2,2-6H3. The first-order valence-electron chi connectivity index (χ1n) is 5.70. The molecule has 90 valence electrons. The maximum Gasteiger partial charge on any atom is 0.0529 e. The van der Waals surface area contributed by atoms with E-state index in [1.54, 1.807) is 0 Å². The molecule has 0 aliphatic rings. The topological polar surface area (TPSA) is 21.3 Å². The van der Waals surface area contributed by atoms with Gasteiger partial charge in [0.25, 0.3) is 0 Å². The van der Waals surface area contributed by atoms with Crippen molar-refractivity contribution in [2.24, 2.45) is 5.41 Å². The molecule has 0 aromatic heterocycles. The fourth-order valence-corrected chi connectivity index (χ4v) is 1.07. The van der Waals surface area contributed by atoms with Gasteiger partial charge in [0, 0.05) is 17.5 Å². The Kier molecular flexibility index (Phi) is 6.15. The van der Waals surface area contributed by atoms with E-state index in [4.69, 9.17) is 4.74 Å². The van der Waals surface area contributed by atoms with Gasteiger partial charge < -0.3 is 10.1 Å². The van der Waals surface area contributed by atoms with Crippen molar-refractivity contribution in [2.75, 3.05) is 19.8 Å². The van der Waals surface area contributed by atoms with Gasteiger partial charge in [0.1, 0.15) is 0 Å². The summed E-state index contributed by atoms with van der Waals surface area (Å²) in [5.74, 6) is 0. The van der Waals surface area contributed by atoms with Gasteiger partial charge in [-0.05, 0) is 27.2 Å². The highest BCUT2D eigenvalue weighted by Gasteiger charge is 2.20. The van der Waals surface area contributed by atoms with Crippen LogP contribution in [0.1, 0.15) is 41.0 Å². The summed E-state index contributed by atoms with van der Waals surface area (Å²) in [6, 6.07) is 0. The minimum atomic E-state index is 0.179. The lowest BCUT2D eigenvalue weighted by Gasteiger charge is -2.30. The number of ether oxygens (including phenoxy) is 1. The van der Waals surface area contributed by atoms with Crippen molar-refractivity contribution >= 4 is 0 Å². The molecule has 15 heavy (non-hydrogen) atoms. The average Bonchev–Trinajstić information content (AvgIpc) is 2.09. The molecule has 0 heterocycles. The molecule has 1 N–H and O–H groups in total. The average molecular weight is 213 g/mol. The SMILES string of the molecule is C=CCCOCC(C)(C)CNC(C)(C)C. The Morgan fingerprint density at radius 2 is 1.80 bits per heavy atom. The van der Waals surface area contributed by atoms with Crippen LogP contribution in [0.2, 0.25) is 0 Å². The Morgan fingerprint density at radius 3 is 2.27 bits per heavy atom.